The van der Waals surface area contributed by atoms with Gasteiger partial charge in [0.2, 0.25) is 0 Å². The average molecular weight is 217 g/mol. The van der Waals surface area contributed by atoms with Crippen molar-refractivity contribution in [3.8, 4) is 0 Å². The summed E-state index contributed by atoms with van der Waals surface area (Å²) in [6.45, 7) is 3.41. The summed E-state index contributed by atoms with van der Waals surface area (Å²) in [5, 5.41) is 0. The predicted octanol–water partition coefficient (Wildman–Crippen LogP) is 3.16. The number of alkyl halides is 3. The molecule has 0 unspecified atom stereocenters. The van der Waals surface area contributed by atoms with Crippen LogP contribution in [-0.2, 0) is 6.18 Å². The molecule has 15 heavy (non-hydrogen) atoms. The smallest absolute Gasteiger partial charge is 0.327 e. The summed E-state index contributed by atoms with van der Waals surface area (Å²) < 4.78 is 37.9. The van der Waals surface area contributed by atoms with Crippen molar-refractivity contribution in [2.45, 2.75) is 32.0 Å². The van der Waals surface area contributed by atoms with Crippen LogP contribution in [0.15, 0.2) is 24.3 Å². The standard InChI is InChI=1S/C11H14F3N/c1-7(8(2)15)9-5-3-4-6-10(9)11(12,13)14/h3-8H,15H2,1-2H3/t7-,8-/m1/s1. The number of benzene rings is 1. The molecule has 0 radical (unpaired) electrons. The van der Waals surface area contributed by atoms with Crippen molar-refractivity contribution in [2.75, 3.05) is 0 Å². The Labute approximate surface area is 87.1 Å². The second-order valence-electron chi connectivity index (χ2n) is 3.73. The maximum absolute atomic E-state index is 12.6. The molecule has 0 aliphatic heterocycles. The van der Waals surface area contributed by atoms with E-state index in [1.807, 2.05) is 0 Å². The first-order valence-corrected chi connectivity index (χ1v) is 4.75. The van der Waals surface area contributed by atoms with Crippen LogP contribution in [0.5, 0.6) is 0 Å². The molecule has 2 atom stereocenters. The summed E-state index contributed by atoms with van der Waals surface area (Å²) >= 11 is 0. The van der Waals surface area contributed by atoms with Crippen LogP contribution < -0.4 is 5.73 Å². The van der Waals surface area contributed by atoms with Crippen LogP contribution in [0, 0.1) is 0 Å². The van der Waals surface area contributed by atoms with E-state index in [9.17, 15) is 13.2 Å². The second kappa shape index (κ2) is 4.23. The molecular formula is C11H14F3N. The molecule has 0 aliphatic rings. The van der Waals surface area contributed by atoms with Gasteiger partial charge in [0.15, 0.2) is 0 Å². The molecule has 0 amide bonds. The SMILES string of the molecule is C[C@@H](N)[C@@H](C)c1ccccc1C(F)(F)F. The summed E-state index contributed by atoms with van der Waals surface area (Å²) in [5.41, 5.74) is 5.29. The molecule has 0 spiro atoms. The highest BCUT2D eigenvalue weighted by Gasteiger charge is 2.34. The van der Waals surface area contributed by atoms with Gasteiger partial charge in [-0.05, 0) is 24.5 Å². The van der Waals surface area contributed by atoms with E-state index < -0.39 is 11.7 Å². The molecule has 0 fully saturated rings. The van der Waals surface area contributed by atoms with Gasteiger partial charge in [-0.3, -0.25) is 0 Å². The Morgan fingerprint density at radius 3 is 2.13 bits per heavy atom. The van der Waals surface area contributed by atoms with Gasteiger partial charge in [0.25, 0.3) is 0 Å². The molecule has 1 aromatic rings. The fraction of sp³-hybridized carbons (Fsp3) is 0.455. The van der Waals surface area contributed by atoms with Crippen molar-refractivity contribution in [3.63, 3.8) is 0 Å². The molecule has 0 saturated heterocycles. The normalized spacial score (nSPS) is 16.1. The third-order valence-electron chi connectivity index (χ3n) is 2.55. The van der Waals surface area contributed by atoms with E-state index in [0.717, 1.165) is 6.07 Å². The van der Waals surface area contributed by atoms with E-state index in [-0.39, 0.29) is 17.5 Å². The van der Waals surface area contributed by atoms with Crippen LogP contribution in [0.3, 0.4) is 0 Å². The van der Waals surface area contributed by atoms with E-state index in [2.05, 4.69) is 0 Å². The van der Waals surface area contributed by atoms with Gasteiger partial charge >= 0.3 is 6.18 Å². The van der Waals surface area contributed by atoms with Crippen LogP contribution in [-0.4, -0.2) is 6.04 Å². The lowest BCUT2D eigenvalue weighted by Crippen LogP contribution is -2.24. The van der Waals surface area contributed by atoms with Gasteiger partial charge in [-0.1, -0.05) is 25.1 Å². The van der Waals surface area contributed by atoms with Crippen molar-refractivity contribution in [1.82, 2.24) is 0 Å². The Bertz CT molecular complexity index is 331. The number of rotatable bonds is 2. The van der Waals surface area contributed by atoms with Crippen molar-refractivity contribution < 1.29 is 13.2 Å². The molecule has 0 heterocycles. The van der Waals surface area contributed by atoms with Crippen LogP contribution in [0.4, 0.5) is 13.2 Å². The van der Waals surface area contributed by atoms with E-state index in [1.54, 1.807) is 19.9 Å². The molecule has 1 nitrogen and oxygen atoms in total. The fourth-order valence-electron chi connectivity index (χ4n) is 1.44. The van der Waals surface area contributed by atoms with Crippen LogP contribution in [0.2, 0.25) is 0 Å². The highest BCUT2D eigenvalue weighted by atomic mass is 19.4. The summed E-state index contributed by atoms with van der Waals surface area (Å²) in [6.07, 6.45) is -4.31. The monoisotopic (exact) mass is 217 g/mol. The topological polar surface area (TPSA) is 26.0 Å². The van der Waals surface area contributed by atoms with Crippen LogP contribution >= 0.6 is 0 Å². The highest BCUT2D eigenvalue weighted by Crippen LogP contribution is 2.35. The lowest BCUT2D eigenvalue weighted by molar-refractivity contribution is -0.138. The van der Waals surface area contributed by atoms with Gasteiger partial charge in [0.05, 0.1) is 5.56 Å². The first-order chi connectivity index (χ1) is 6.84. The molecule has 0 aliphatic carbocycles. The zero-order valence-corrected chi connectivity index (χ0v) is 8.68. The molecule has 0 bridgehead atoms. The number of hydrogen-bond donors (Lipinski definition) is 1. The Kier molecular flexibility index (Phi) is 3.39. The second-order valence-corrected chi connectivity index (χ2v) is 3.73. The van der Waals surface area contributed by atoms with Crippen molar-refractivity contribution in [1.29, 1.82) is 0 Å². The summed E-state index contributed by atoms with van der Waals surface area (Å²) in [5.74, 6) is -0.303. The average Bonchev–Trinajstić information content (AvgIpc) is 2.15. The largest absolute Gasteiger partial charge is 0.416 e. The summed E-state index contributed by atoms with van der Waals surface area (Å²) in [4.78, 5) is 0. The minimum atomic E-state index is -4.31. The van der Waals surface area contributed by atoms with E-state index in [1.165, 1.54) is 12.1 Å². The van der Waals surface area contributed by atoms with Gasteiger partial charge in [-0.15, -0.1) is 0 Å². The third-order valence-corrected chi connectivity index (χ3v) is 2.55. The van der Waals surface area contributed by atoms with E-state index >= 15 is 0 Å². The molecule has 4 heteroatoms. The first kappa shape index (κ1) is 12.0. The summed E-state index contributed by atoms with van der Waals surface area (Å²) in [7, 11) is 0. The lowest BCUT2D eigenvalue weighted by atomic mass is 9.91. The number of nitrogens with two attached hydrogens (primary N) is 1. The van der Waals surface area contributed by atoms with Crippen molar-refractivity contribution in [2.24, 2.45) is 5.73 Å². The van der Waals surface area contributed by atoms with Gasteiger partial charge in [-0.2, -0.15) is 13.2 Å². The minimum absolute atomic E-state index is 0.264. The van der Waals surface area contributed by atoms with Crippen molar-refractivity contribution in [3.05, 3.63) is 35.4 Å². The first-order valence-electron chi connectivity index (χ1n) is 4.75. The Balaban J connectivity index is 3.18. The molecule has 2 N–H and O–H groups in total. The maximum atomic E-state index is 12.6. The maximum Gasteiger partial charge on any atom is 0.416 e. The summed E-state index contributed by atoms with van der Waals surface area (Å²) in [6, 6.07) is 5.27. The number of halogens is 3. The van der Waals surface area contributed by atoms with Gasteiger partial charge in [0, 0.05) is 6.04 Å². The quantitative estimate of drug-likeness (QED) is 0.809. The highest BCUT2D eigenvalue weighted by molar-refractivity contribution is 5.33. The Hall–Kier alpha value is -1.03. The predicted molar refractivity (Wildman–Crippen MR) is 53.5 cm³/mol. The third kappa shape index (κ3) is 2.72. The lowest BCUT2D eigenvalue weighted by Gasteiger charge is -2.20. The van der Waals surface area contributed by atoms with Gasteiger partial charge < -0.3 is 5.73 Å². The molecule has 84 valence electrons. The zero-order chi connectivity index (χ0) is 11.6. The number of hydrogen-bond acceptors (Lipinski definition) is 1. The minimum Gasteiger partial charge on any atom is -0.327 e. The fourth-order valence-corrected chi connectivity index (χ4v) is 1.44. The van der Waals surface area contributed by atoms with E-state index in [4.69, 9.17) is 5.73 Å². The molecule has 0 saturated carbocycles. The Morgan fingerprint density at radius 2 is 1.67 bits per heavy atom. The Morgan fingerprint density at radius 1 is 1.13 bits per heavy atom. The van der Waals surface area contributed by atoms with Gasteiger partial charge in [0.1, 0.15) is 0 Å². The van der Waals surface area contributed by atoms with Crippen LogP contribution in [0.1, 0.15) is 30.9 Å². The molecular weight excluding hydrogens is 203 g/mol. The molecule has 1 rings (SSSR count). The van der Waals surface area contributed by atoms with Gasteiger partial charge in [-0.25, -0.2) is 0 Å². The molecule has 1 aromatic carbocycles. The van der Waals surface area contributed by atoms with E-state index in [0.29, 0.717) is 0 Å². The van der Waals surface area contributed by atoms with Crippen molar-refractivity contribution >= 4 is 0 Å². The zero-order valence-electron chi connectivity index (χ0n) is 8.68. The van der Waals surface area contributed by atoms with Crippen LogP contribution in [0.25, 0.3) is 0 Å². The molecule has 0 aromatic heterocycles.